The summed E-state index contributed by atoms with van der Waals surface area (Å²) in [6, 6.07) is 13.7. The molecule has 1 fully saturated rings. The summed E-state index contributed by atoms with van der Waals surface area (Å²) < 4.78 is 0. The van der Waals surface area contributed by atoms with Gasteiger partial charge in [0.1, 0.15) is 5.65 Å². The van der Waals surface area contributed by atoms with E-state index in [1.807, 2.05) is 48.0 Å². The third-order valence-electron chi connectivity index (χ3n) is 5.30. The molecule has 5 rings (SSSR count). The monoisotopic (exact) mass is 388 g/mol. The second-order valence-corrected chi connectivity index (χ2v) is 8.14. The van der Waals surface area contributed by atoms with Crippen molar-refractivity contribution in [1.82, 2.24) is 9.97 Å². The number of nitrogens with one attached hydrogen (secondary N) is 2. The number of carbonyl (C=O) groups excluding carboxylic acids is 1. The maximum Gasteiger partial charge on any atom is 0.255 e. The second kappa shape index (κ2) is 6.89. The first kappa shape index (κ1) is 17.2. The Kier molecular flexibility index (Phi) is 4.22. The van der Waals surface area contributed by atoms with Crippen molar-refractivity contribution in [2.24, 2.45) is 11.7 Å². The highest BCUT2D eigenvalue weighted by molar-refractivity contribution is 7.13. The Labute approximate surface area is 166 Å². The maximum atomic E-state index is 13.0. The van der Waals surface area contributed by atoms with Crippen LogP contribution in [0.25, 0.3) is 21.5 Å². The van der Waals surface area contributed by atoms with Gasteiger partial charge in [0, 0.05) is 34.3 Å². The van der Waals surface area contributed by atoms with Crippen molar-refractivity contribution in [3.8, 4) is 10.4 Å². The third kappa shape index (κ3) is 3.10. The number of rotatable bonds is 5. The summed E-state index contributed by atoms with van der Waals surface area (Å²) >= 11 is 1.67. The average Bonchev–Trinajstić information content (AvgIpc) is 3.21. The van der Waals surface area contributed by atoms with E-state index in [0.717, 1.165) is 32.7 Å². The number of carbonyl (C=O) groups is 1. The highest BCUT2D eigenvalue weighted by Gasteiger charge is 2.31. The fraction of sp³-hybridized carbons (Fsp3) is 0.182. The van der Waals surface area contributed by atoms with Gasteiger partial charge in [-0.3, -0.25) is 4.79 Å². The normalized spacial score (nSPS) is 14.9. The number of H-pyrrole nitrogens is 1. The number of anilines is 1. The van der Waals surface area contributed by atoms with Crippen LogP contribution >= 0.6 is 11.3 Å². The first-order valence-electron chi connectivity index (χ1n) is 9.37. The molecule has 0 bridgehead atoms. The lowest BCUT2D eigenvalue weighted by atomic mass is 9.94. The van der Waals surface area contributed by atoms with Gasteiger partial charge in [0.2, 0.25) is 0 Å². The van der Waals surface area contributed by atoms with Crippen LogP contribution in [-0.2, 0) is 0 Å². The van der Waals surface area contributed by atoms with E-state index in [9.17, 15) is 4.79 Å². The number of amides is 1. The van der Waals surface area contributed by atoms with E-state index in [2.05, 4.69) is 21.4 Å². The molecule has 28 heavy (non-hydrogen) atoms. The van der Waals surface area contributed by atoms with Crippen LogP contribution in [0.3, 0.4) is 0 Å². The summed E-state index contributed by atoms with van der Waals surface area (Å²) in [7, 11) is 0. The molecular formula is C22H20N4OS. The van der Waals surface area contributed by atoms with E-state index in [1.54, 1.807) is 17.5 Å². The molecule has 1 amide bonds. The largest absolute Gasteiger partial charge is 0.346 e. The molecule has 0 saturated heterocycles. The highest BCUT2D eigenvalue weighted by atomic mass is 32.1. The zero-order chi connectivity index (χ0) is 19.1. The van der Waals surface area contributed by atoms with Crippen LogP contribution in [0.1, 0.15) is 34.8 Å². The van der Waals surface area contributed by atoms with Gasteiger partial charge in [0.15, 0.2) is 0 Å². The zero-order valence-corrected chi connectivity index (χ0v) is 16.0. The molecule has 5 nitrogen and oxygen atoms in total. The van der Waals surface area contributed by atoms with Crippen molar-refractivity contribution in [2.45, 2.75) is 18.9 Å². The van der Waals surface area contributed by atoms with Crippen LogP contribution in [0.5, 0.6) is 0 Å². The van der Waals surface area contributed by atoms with Gasteiger partial charge in [0.25, 0.3) is 5.91 Å². The Balaban J connectivity index is 1.50. The lowest BCUT2D eigenvalue weighted by molar-refractivity contribution is 0.102. The van der Waals surface area contributed by atoms with E-state index in [1.165, 1.54) is 12.8 Å². The molecule has 1 aromatic carbocycles. The topological polar surface area (TPSA) is 83.8 Å². The van der Waals surface area contributed by atoms with Crippen molar-refractivity contribution in [1.29, 1.82) is 0 Å². The average molecular weight is 388 g/mol. The molecule has 0 aliphatic heterocycles. The first-order chi connectivity index (χ1) is 13.7. The molecule has 0 unspecified atom stereocenters. The molecule has 140 valence electrons. The Bertz CT molecular complexity index is 1140. The molecule has 6 heteroatoms. The van der Waals surface area contributed by atoms with E-state index >= 15 is 0 Å². The Hall–Kier alpha value is -2.96. The Morgan fingerprint density at radius 1 is 1.25 bits per heavy atom. The van der Waals surface area contributed by atoms with Crippen LogP contribution in [0, 0.1) is 5.92 Å². The van der Waals surface area contributed by atoms with E-state index < -0.39 is 0 Å². The van der Waals surface area contributed by atoms with Crippen LogP contribution in [-0.4, -0.2) is 15.9 Å². The summed E-state index contributed by atoms with van der Waals surface area (Å²) in [5.74, 6) is 0.412. The molecule has 4 N–H and O–H groups in total. The lowest BCUT2D eigenvalue weighted by Gasteiger charge is -2.17. The molecule has 3 aromatic heterocycles. The second-order valence-electron chi connectivity index (χ2n) is 7.20. The number of aromatic nitrogens is 2. The molecule has 3 heterocycles. The van der Waals surface area contributed by atoms with Crippen LogP contribution in [0.15, 0.2) is 60.2 Å². The number of hydrogen-bond acceptors (Lipinski definition) is 4. The standard InChI is InChI=1S/C22H20N4OS/c23-20(13-3-4-13)15-6-5-14(12-17(15)19-2-1-11-28-19)22(27)26-18-8-10-25-21-16(18)7-9-24-21/h1-2,5-13,20H,3-4,23H2,(H2,24,25,26,27)/t20-/m1/s1. The van der Waals surface area contributed by atoms with Gasteiger partial charge in [-0.05, 0) is 65.6 Å². The minimum absolute atomic E-state index is 0.0221. The predicted molar refractivity (Wildman–Crippen MR) is 113 cm³/mol. The minimum Gasteiger partial charge on any atom is -0.346 e. The van der Waals surface area contributed by atoms with Gasteiger partial charge in [0.05, 0.1) is 5.69 Å². The SMILES string of the molecule is N[C@@H](c1ccc(C(=O)Nc2ccnc3[nH]ccc23)cc1-c1cccs1)C1CC1. The Morgan fingerprint density at radius 2 is 2.14 bits per heavy atom. The zero-order valence-electron chi connectivity index (χ0n) is 15.2. The Morgan fingerprint density at radius 3 is 2.93 bits per heavy atom. The molecular weight excluding hydrogens is 368 g/mol. The molecule has 1 saturated carbocycles. The quantitative estimate of drug-likeness (QED) is 0.452. The van der Waals surface area contributed by atoms with Crippen molar-refractivity contribution in [2.75, 3.05) is 5.32 Å². The van der Waals surface area contributed by atoms with Crippen molar-refractivity contribution in [3.63, 3.8) is 0 Å². The van der Waals surface area contributed by atoms with Gasteiger partial charge in [-0.25, -0.2) is 4.98 Å². The number of benzene rings is 1. The lowest BCUT2D eigenvalue weighted by Crippen LogP contribution is -2.16. The molecule has 1 aliphatic rings. The minimum atomic E-state index is -0.141. The number of hydrogen-bond donors (Lipinski definition) is 3. The third-order valence-corrected chi connectivity index (χ3v) is 6.20. The molecule has 1 aliphatic carbocycles. The number of pyridine rings is 1. The fourth-order valence-corrected chi connectivity index (χ4v) is 4.37. The van der Waals surface area contributed by atoms with Gasteiger partial charge in [-0.2, -0.15) is 0 Å². The molecule has 0 radical (unpaired) electrons. The molecule has 4 aromatic rings. The van der Waals surface area contributed by atoms with Gasteiger partial charge >= 0.3 is 0 Å². The molecule has 1 atom stereocenters. The molecule has 0 spiro atoms. The smallest absolute Gasteiger partial charge is 0.255 e. The van der Waals surface area contributed by atoms with Crippen molar-refractivity contribution >= 4 is 34.0 Å². The van der Waals surface area contributed by atoms with Crippen molar-refractivity contribution in [3.05, 3.63) is 71.4 Å². The summed E-state index contributed by atoms with van der Waals surface area (Å²) in [6.45, 7) is 0. The predicted octanol–water partition coefficient (Wildman–Crippen LogP) is 4.95. The number of nitrogens with two attached hydrogens (primary N) is 1. The van der Waals surface area contributed by atoms with Crippen LogP contribution in [0.2, 0.25) is 0 Å². The summed E-state index contributed by atoms with van der Waals surface area (Å²) in [5.41, 5.74) is 10.8. The number of aromatic amines is 1. The van der Waals surface area contributed by atoms with E-state index in [-0.39, 0.29) is 11.9 Å². The summed E-state index contributed by atoms with van der Waals surface area (Å²) in [6.07, 6.45) is 5.86. The maximum absolute atomic E-state index is 13.0. The van der Waals surface area contributed by atoms with Gasteiger partial charge in [-0.15, -0.1) is 11.3 Å². The first-order valence-corrected chi connectivity index (χ1v) is 10.3. The highest BCUT2D eigenvalue weighted by Crippen LogP contribution is 2.43. The van der Waals surface area contributed by atoms with Crippen molar-refractivity contribution < 1.29 is 4.79 Å². The van der Waals surface area contributed by atoms with E-state index in [0.29, 0.717) is 11.5 Å². The number of fused-ring (bicyclic) bond motifs is 1. The summed E-state index contributed by atoms with van der Waals surface area (Å²) in [5, 5.41) is 5.96. The fourth-order valence-electron chi connectivity index (χ4n) is 3.61. The number of nitrogens with zero attached hydrogens (tertiary/aromatic N) is 1. The van der Waals surface area contributed by atoms with Crippen LogP contribution < -0.4 is 11.1 Å². The summed E-state index contributed by atoms with van der Waals surface area (Å²) in [4.78, 5) is 21.4. The van der Waals surface area contributed by atoms with Gasteiger partial charge in [-0.1, -0.05) is 12.1 Å². The van der Waals surface area contributed by atoms with Gasteiger partial charge < -0.3 is 16.0 Å². The van der Waals surface area contributed by atoms with Crippen LogP contribution in [0.4, 0.5) is 5.69 Å². The number of thiophene rings is 1. The van der Waals surface area contributed by atoms with E-state index in [4.69, 9.17) is 5.73 Å².